The molecule has 460 valence electrons. The third-order valence-corrected chi connectivity index (χ3v) is 18.9. The van der Waals surface area contributed by atoms with Gasteiger partial charge in [0, 0.05) is 90.1 Å². The molecular formula is C90H56N4O4. The fourth-order valence-electron chi connectivity index (χ4n) is 14.2. The van der Waals surface area contributed by atoms with E-state index in [1.54, 1.807) is 0 Å². The van der Waals surface area contributed by atoms with Gasteiger partial charge in [0.2, 0.25) is 11.8 Å². The Morgan fingerprint density at radius 3 is 1.05 bits per heavy atom. The molecule has 8 heteroatoms. The molecule has 15 aromatic carbocycles. The van der Waals surface area contributed by atoms with Gasteiger partial charge in [-0.2, -0.15) is 0 Å². The van der Waals surface area contributed by atoms with Crippen LogP contribution in [-0.2, 0) is 0 Å². The molecule has 0 saturated carbocycles. The molecule has 19 rings (SSSR count). The molecule has 0 aliphatic heterocycles. The van der Waals surface area contributed by atoms with Crippen molar-refractivity contribution in [1.29, 1.82) is 0 Å². The van der Waals surface area contributed by atoms with Crippen molar-refractivity contribution < 1.29 is 17.7 Å². The van der Waals surface area contributed by atoms with Gasteiger partial charge >= 0.3 is 0 Å². The van der Waals surface area contributed by atoms with Crippen molar-refractivity contribution in [3.8, 4) is 78.5 Å². The summed E-state index contributed by atoms with van der Waals surface area (Å²) in [5.41, 5.74) is 24.8. The Hall–Kier alpha value is -13.3. The van der Waals surface area contributed by atoms with E-state index in [1.165, 1.54) is 11.1 Å². The number of aromatic nitrogens is 2. The van der Waals surface area contributed by atoms with Gasteiger partial charge in [-0.25, -0.2) is 9.97 Å². The van der Waals surface area contributed by atoms with E-state index in [9.17, 15) is 0 Å². The maximum absolute atomic E-state index is 6.85. The summed E-state index contributed by atoms with van der Waals surface area (Å²) in [6, 6.07) is 119. The van der Waals surface area contributed by atoms with E-state index >= 15 is 0 Å². The Morgan fingerprint density at radius 2 is 0.561 bits per heavy atom. The Kier molecular flexibility index (Phi) is 13.4. The van der Waals surface area contributed by atoms with Crippen LogP contribution in [0.25, 0.3) is 155 Å². The number of furan rings is 2. The highest BCUT2D eigenvalue weighted by Crippen LogP contribution is 2.46. The maximum Gasteiger partial charge on any atom is 0.227 e. The molecule has 0 saturated heterocycles. The standard InChI is InChI=1S/C90H56N4O4/c1-5-19-57(20-6-1)58-35-43-67(44-36-58)93(65-25-9-3-10-26-65)68-45-37-59(38-46-68)72-32-18-34-75-80-54-82-86(56-84(80)96-88(72)75)98-90(92-82)76-30-16-15-29-73(76)78-52-64-24-14-13-23-63(64)51-77(78)61-41-49-70(50-42-61)94(66-27-11-4-12-28-66)69-47-39-60(40-48-69)71-31-17-33-74-79-53-81-85(55-83(79)95-87(71)74)97-89(91-81)62-21-7-2-8-22-62/h1-56H. The zero-order chi connectivity index (χ0) is 64.6. The van der Waals surface area contributed by atoms with E-state index in [4.69, 9.17) is 27.6 Å². The summed E-state index contributed by atoms with van der Waals surface area (Å²) in [6.07, 6.45) is 0. The Morgan fingerprint density at radius 1 is 0.204 bits per heavy atom. The van der Waals surface area contributed by atoms with Crippen LogP contribution >= 0.6 is 0 Å². The average molecular weight is 1260 g/mol. The highest BCUT2D eigenvalue weighted by molar-refractivity contribution is 6.14. The molecule has 0 atom stereocenters. The number of anilines is 6. The SMILES string of the molecule is c1ccc(-c2ccc(N(c3ccccc3)c3ccc(-c4cccc5c4oc4cc6oc(-c7ccccc7-c7cc8ccccc8cc7-c7ccc(N(c8ccccc8)c8ccc(-c9cccc%10c9oc9cc%11oc(-c%12ccccc%12)nc%11cc9%10)cc8)cc7)nc6cc45)cc3)cc2)cc1. The minimum Gasteiger partial charge on any atom is -0.455 e. The van der Waals surface area contributed by atoms with Crippen LogP contribution in [0.4, 0.5) is 34.1 Å². The van der Waals surface area contributed by atoms with Crippen molar-refractivity contribution in [3.05, 3.63) is 340 Å². The van der Waals surface area contributed by atoms with Gasteiger partial charge in [0.1, 0.15) is 33.4 Å². The second kappa shape index (κ2) is 23.3. The van der Waals surface area contributed by atoms with Crippen LogP contribution in [0.1, 0.15) is 0 Å². The molecule has 0 N–H and O–H groups in total. The zero-order valence-corrected chi connectivity index (χ0v) is 52.8. The lowest BCUT2D eigenvalue weighted by molar-refractivity contribution is 0.617. The molecule has 19 aromatic rings. The van der Waals surface area contributed by atoms with Crippen LogP contribution < -0.4 is 9.80 Å². The van der Waals surface area contributed by atoms with Crippen LogP contribution in [0.15, 0.2) is 357 Å². The van der Waals surface area contributed by atoms with Crippen molar-refractivity contribution in [2.75, 3.05) is 9.80 Å². The van der Waals surface area contributed by atoms with Crippen LogP contribution in [-0.4, -0.2) is 9.97 Å². The topological polar surface area (TPSA) is 84.8 Å². The number of hydrogen-bond donors (Lipinski definition) is 0. The van der Waals surface area contributed by atoms with Crippen LogP contribution in [0.5, 0.6) is 0 Å². The Bertz CT molecular complexity index is 6200. The van der Waals surface area contributed by atoms with Gasteiger partial charge < -0.3 is 27.5 Å². The maximum atomic E-state index is 6.85. The van der Waals surface area contributed by atoms with Crippen LogP contribution in [0.2, 0.25) is 0 Å². The van der Waals surface area contributed by atoms with Crippen molar-refractivity contribution in [3.63, 3.8) is 0 Å². The highest BCUT2D eigenvalue weighted by Gasteiger charge is 2.23. The normalized spacial score (nSPS) is 11.7. The molecule has 0 aliphatic rings. The smallest absolute Gasteiger partial charge is 0.227 e. The van der Waals surface area contributed by atoms with Gasteiger partial charge in [-0.15, -0.1) is 0 Å². The lowest BCUT2D eigenvalue weighted by Crippen LogP contribution is -2.09. The molecule has 4 aromatic heterocycles. The molecule has 0 aliphatic carbocycles. The number of nitrogens with zero attached hydrogens (tertiary/aromatic N) is 4. The lowest BCUT2D eigenvalue weighted by atomic mass is 9.89. The van der Waals surface area contributed by atoms with Crippen molar-refractivity contribution in [1.82, 2.24) is 9.97 Å². The van der Waals surface area contributed by atoms with Crippen LogP contribution in [0, 0.1) is 0 Å². The second-order valence-electron chi connectivity index (χ2n) is 24.8. The number of hydrogen-bond acceptors (Lipinski definition) is 8. The fraction of sp³-hybridized carbons (Fsp3) is 0. The third kappa shape index (κ3) is 9.85. The first-order valence-electron chi connectivity index (χ1n) is 32.9. The van der Waals surface area contributed by atoms with Crippen molar-refractivity contribution in [2.45, 2.75) is 0 Å². The number of benzene rings is 15. The summed E-state index contributed by atoms with van der Waals surface area (Å²) >= 11 is 0. The van der Waals surface area contributed by atoms with Gasteiger partial charge in [0.05, 0.1) is 0 Å². The molecule has 0 radical (unpaired) electrons. The number of rotatable bonds is 13. The molecule has 0 unspecified atom stereocenters. The van der Waals surface area contributed by atoms with Gasteiger partial charge in [0.25, 0.3) is 0 Å². The number of fused-ring (bicyclic) bond motifs is 9. The number of oxazole rings is 2. The molecule has 0 spiro atoms. The average Bonchev–Trinajstić information content (AvgIpc) is 1.55. The summed E-state index contributed by atoms with van der Waals surface area (Å²) in [4.78, 5) is 14.7. The first-order valence-corrected chi connectivity index (χ1v) is 32.9. The molecule has 8 nitrogen and oxygen atoms in total. The molecule has 98 heavy (non-hydrogen) atoms. The summed E-state index contributed by atoms with van der Waals surface area (Å²) in [5.74, 6) is 1.12. The van der Waals surface area contributed by atoms with Gasteiger partial charge in [-0.1, -0.05) is 212 Å². The minimum absolute atomic E-state index is 0.532. The van der Waals surface area contributed by atoms with Crippen molar-refractivity contribution >= 4 is 111 Å². The van der Waals surface area contributed by atoms with Gasteiger partial charge in [-0.05, 0) is 171 Å². The Labute approximate surface area is 563 Å². The monoisotopic (exact) mass is 1260 g/mol. The summed E-state index contributed by atoms with van der Waals surface area (Å²) in [5, 5.41) is 6.29. The lowest BCUT2D eigenvalue weighted by Gasteiger charge is -2.26. The predicted molar refractivity (Wildman–Crippen MR) is 401 cm³/mol. The third-order valence-electron chi connectivity index (χ3n) is 18.9. The fourth-order valence-corrected chi connectivity index (χ4v) is 14.2. The molecule has 0 bridgehead atoms. The van der Waals surface area contributed by atoms with Gasteiger partial charge in [0.15, 0.2) is 11.2 Å². The molecular weight excluding hydrogens is 1200 g/mol. The Balaban J connectivity index is 0.629. The number of para-hydroxylation sites is 4. The highest BCUT2D eigenvalue weighted by atomic mass is 16.4. The first kappa shape index (κ1) is 56.3. The van der Waals surface area contributed by atoms with Crippen LogP contribution in [0.3, 0.4) is 0 Å². The van der Waals surface area contributed by atoms with E-state index < -0.39 is 0 Å². The van der Waals surface area contributed by atoms with Gasteiger partial charge in [-0.3, -0.25) is 0 Å². The largest absolute Gasteiger partial charge is 0.455 e. The van der Waals surface area contributed by atoms with E-state index in [-0.39, 0.29) is 0 Å². The molecule has 0 fully saturated rings. The molecule has 4 heterocycles. The summed E-state index contributed by atoms with van der Waals surface area (Å²) in [6.45, 7) is 0. The minimum atomic E-state index is 0.532. The summed E-state index contributed by atoms with van der Waals surface area (Å²) in [7, 11) is 0. The summed E-state index contributed by atoms with van der Waals surface area (Å²) < 4.78 is 26.6. The predicted octanol–water partition coefficient (Wildman–Crippen LogP) is 25.5. The van der Waals surface area contributed by atoms with E-state index in [0.717, 1.165) is 155 Å². The first-order chi connectivity index (χ1) is 48.5. The van der Waals surface area contributed by atoms with E-state index in [1.807, 2.05) is 48.5 Å². The second-order valence-corrected chi connectivity index (χ2v) is 24.8. The quantitative estimate of drug-likeness (QED) is 0.113. The van der Waals surface area contributed by atoms with E-state index in [0.29, 0.717) is 22.9 Å². The van der Waals surface area contributed by atoms with E-state index in [2.05, 4.69) is 301 Å². The zero-order valence-electron chi connectivity index (χ0n) is 52.8. The van der Waals surface area contributed by atoms with Crippen molar-refractivity contribution in [2.24, 2.45) is 0 Å². The molecule has 0 amide bonds.